The highest BCUT2D eigenvalue weighted by atomic mass is 16.5. The van der Waals surface area contributed by atoms with Crippen LogP contribution in [0.5, 0.6) is 0 Å². The van der Waals surface area contributed by atoms with Gasteiger partial charge < -0.3 is 10.5 Å². The lowest BCUT2D eigenvalue weighted by molar-refractivity contribution is 0.0511. The molecule has 0 heterocycles. The molecule has 69 valence electrons. The molecule has 0 saturated heterocycles. The van der Waals surface area contributed by atoms with Crippen LogP contribution in [0.3, 0.4) is 0 Å². The Labute approximate surface area is 77.5 Å². The number of benzene rings is 1. The van der Waals surface area contributed by atoms with Crippen LogP contribution >= 0.6 is 0 Å². The van der Waals surface area contributed by atoms with Gasteiger partial charge >= 0.3 is 5.97 Å². The van der Waals surface area contributed by atoms with E-state index < -0.39 is 0 Å². The average molecular weight is 178 g/mol. The van der Waals surface area contributed by atoms with Crippen LogP contribution < -0.4 is 5.73 Å². The van der Waals surface area contributed by atoms with Gasteiger partial charge in [0.25, 0.3) is 0 Å². The van der Waals surface area contributed by atoms with Crippen molar-refractivity contribution in [3.05, 3.63) is 36.8 Å². The number of hydrogen-bond acceptors (Lipinski definition) is 3. The molecule has 2 N–H and O–H groups in total. The van der Waals surface area contributed by atoms with E-state index in [1.807, 2.05) is 0 Å². The molecule has 1 aromatic rings. The molecule has 0 amide bonds. The fourth-order valence-electron chi connectivity index (χ4n) is 0.867. The minimum atomic E-state index is -0.330. The standard InChI is InChI=1S/C10H12NO2/c1-2-7-13-10(12)8-3-5-9(11)6-4-8/h3-6H,1-2,7,11H2. The van der Waals surface area contributed by atoms with Crippen LogP contribution in [0.4, 0.5) is 5.69 Å². The summed E-state index contributed by atoms with van der Waals surface area (Å²) < 4.78 is 4.87. The van der Waals surface area contributed by atoms with Crippen LogP contribution in [0, 0.1) is 6.92 Å². The fourth-order valence-corrected chi connectivity index (χ4v) is 0.867. The topological polar surface area (TPSA) is 52.3 Å². The number of carbonyl (C=O) groups is 1. The van der Waals surface area contributed by atoms with Gasteiger partial charge in [-0.25, -0.2) is 4.79 Å². The fraction of sp³-hybridized carbons (Fsp3) is 0.200. The minimum Gasteiger partial charge on any atom is -0.462 e. The first-order valence-corrected chi connectivity index (χ1v) is 4.06. The molecular weight excluding hydrogens is 166 g/mol. The summed E-state index contributed by atoms with van der Waals surface area (Å²) >= 11 is 0. The SMILES string of the molecule is [CH2]CCOC(=O)c1ccc(N)cc1. The zero-order chi connectivity index (χ0) is 9.68. The number of rotatable bonds is 3. The van der Waals surface area contributed by atoms with Crippen molar-refractivity contribution >= 4 is 11.7 Å². The highest BCUT2D eigenvalue weighted by Crippen LogP contribution is 2.06. The quantitative estimate of drug-likeness (QED) is 0.565. The first kappa shape index (κ1) is 9.58. The summed E-state index contributed by atoms with van der Waals surface area (Å²) in [6.07, 6.45) is 0.584. The van der Waals surface area contributed by atoms with Crippen molar-refractivity contribution in [2.45, 2.75) is 6.42 Å². The molecule has 0 saturated carbocycles. The third-order valence-electron chi connectivity index (χ3n) is 1.52. The number of nitrogens with two attached hydrogens (primary N) is 1. The third-order valence-corrected chi connectivity index (χ3v) is 1.52. The monoisotopic (exact) mass is 178 g/mol. The Balaban J connectivity index is 2.61. The number of hydrogen-bond donors (Lipinski definition) is 1. The second kappa shape index (κ2) is 4.50. The van der Waals surface area contributed by atoms with Crippen molar-refractivity contribution < 1.29 is 9.53 Å². The third kappa shape index (κ3) is 2.78. The lowest BCUT2D eigenvalue weighted by atomic mass is 10.2. The second-order valence-corrected chi connectivity index (χ2v) is 2.61. The smallest absolute Gasteiger partial charge is 0.338 e. The number of carbonyl (C=O) groups excluding carboxylic acids is 1. The highest BCUT2D eigenvalue weighted by molar-refractivity contribution is 5.89. The van der Waals surface area contributed by atoms with Gasteiger partial charge in [0.15, 0.2) is 0 Å². The maximum Gasteiger partial charge on any atom is 0.338 e. The van der Waals surface area contributed by atoms with Crippen LogP contribution in [0.25, 0.3) is 0 Å². The predicted octanol–water partition coefficient (Wildman–Crippen LogP) is 1.65. The Morgan fingerprint density at radius 2 is 2.00 bits per heavy atom. The Morgan fingerprint density at radius 3 is 2.54 bits per heavy atom. The highest BCUT2D eigenvalue weighted by Gasteiger charge is 2.04. The summed E-state index contributed by atoms with van der Waals surface area (Å²) in [6, 6.07) is 6.61. The normalized spacial score (nSPS) is 9.62. The molecule has 0 aromatic heterocycles. The molecule has 1 aromatic carbocycles. The number of ether oxygens (including phenoxy) is 1. The lowest BCUT2D eigenvalue weighted by Crippen LogP contribution is -2.05. The van der Waals surface area contributed by atoms with E-state index in [9.17, 15) is 4.79 Å². The Kier molecular flexibility index (Phi) is 3.31. The van der Waals surface area contributed by atoms with Crippen LogP contribution in [-0.4, -0.2) is 12.6 Å². The van der Waals surface area contributed by atoms with E-state index in [-0.39, 0.29) is 5.97 Å². The van der Waals surface area contributed by atoms with Crippen molar-refractivity contribution in [1.82, 2.24) is 0 Å². The first-order chi connectivity index (χ1) is 6.24. The molecule has 0 aliphatic carbocycles. The van der Waals surface area contributed by atoms with Crippen molar-refractivity contribution in [3.8, 4) is 0 Å². The van der Waals surface area contributed by atoms with Gasteiger partial charge in [-0.05, 0) is 37.6 Å². The van der Waals surface area contributed by atoms with Gasteiger partial charge in [0, 0.05) is 5.69 Å². The van der Waals surface area contributed by atoms with E-state index in [4.69, 9.17) is 10.5 Å². The van der Waals surface area contributed by atoms with E-state index in [0.29, 0.717) is 24.3 Å². The summed E-state index contributed by atoms with van der Waals surface area (Å²) in [6.45, 7) is 3.92. The molecule has 0 unspecified atom stereocenters. The number of esters is 1. The van der Waals surface area contributed by atoms with Crippen molar-refractivity contribution in [3.63, 3.8) is 0 Å². The van der Waals surface area contributed by atoms with Crippen LogP contribution in [0.2, 0.25) is 0 Å². The van der Waals surface area contributed by atoms with Gasteiger partial charge in [0.05, 0.1) is 12.2 Å². The molecule has 3 nitrogen and oxygen atoms in total. The van der Waals surface area contributed by atoms with E-state index in [2.05, 4.69) is 6.92 Å². The molecule has 1 rings (SSSR count). The average Bonchev–Trinajstić information content (AvgIpc) is 2.15. The molecule has 0 atom stereocenters. The first-order valence-electron chi connectivity index (χ1n) is 4.06. The molecule has 0 bridgehead atoms. The van der Waals surface area contributed by atoms with Gasteiger partial charge in [0.1, 0.15) is 0 Å². The molecule has 1 radical (unpaired) electrons. The zero-order valence-electron chi connectivity index (χ0n) is 7.32. The Morgan fingerprint density at radius 1 is 1.38 bits per heavy atom. The Bertz CT molecular complexity index is 279. The van der Waals surface area contributed by atoms with Gasteiger partial charge in [-0.2, -0.15) is 0 Å². The van der Waals surface area contributed by atoms with Gasteiger partial charge in [-0.1, -0.05) is 0 Å². The van der Waals surface area contributed by atoms with Gasteiger partial charge in [-0.3, -0.25) is 0 Å². The van der Waals surface area contributed by atoms with E-state index >= 15 is 0 Å². The summed E-state index contributed by atoms with van der Waals surface area (Å²) in [5.74, 6) is -0.330. The maximum atomic E-state index is 11.2. The molecule has 13 heavy (non-hydrogen) atoms. The number of anilines is 1. The Hall–Kier alpha value is -1.51. The molecule has 3 heteroatoms. The van der Waals surface area contributed by atoms with E-state index in [0.717, 1.165) is 0 Å². The molecule has 0 aliphatic heterocycles. The van der Waals surface area contributed by atoms with Gasteiger partial charge in [0.2, 0.25) is 0 Å². The van der Waals surface area contributed by atoms with Gasteiger partial charge in [-0.15, -0.1) is 0 Å². The summed E-state index contributed by atoms with van der Waals surface area (Å²) in [5, 5.41) is 0. The van der Waals surface area contributed by atoms with Crippen LogP contribution in [0.15, 0.2) is 24.3 Å². The summed E-state index contributed by atoms with van der Waals surface area (Å²) in [7, 11) is 0. The zero-order valence-corrected chi connectivity index (χ0v) is 7.32. The number of nitrogen functional groups attached to an aromatic ring is 1. The largest absolute Gasteiger partial charge is 0.462 e. The second-order valence-electron chi connectivity index (χ2n) is 2.61. The van der Waals surface area contributed by atoms with E-state index in [1.165, 1.54) is 0 Å². The lowest BCUT2D eigenvalue weighted by Gasteiger charge is -2.02. The van der Waals surface area contributed by atoms with Crippen LogP contribution in [0.1, 0.15) is 16.8 Å². The molecule has 0 aliphatic rings. The molecule has 0 fully saturated rings. The maximum absolute atomic E-state index is 11.2. The van der Waals surface area contributed by atoms with Crippen molar-refractivity contribution in [2.24, 2.45) is 0 Å². The van der Waals surface area contributed by atoms with Crippen LogP contribution in [-0.2, 0) is 4.74 Å². The van der Waals surface area contributed by atoms with E-state index in [1.54, 1.807) is 24.3 Å². The predicted molar refractivity (Wildman–Crippen MR) is 51.1 cm³/mol. The minimum absolute atomic E-state index is 0.330. The van der Waals surface area contributed by atoms with Crippen molar-refractivity contribution in [2.75, 3.05) is 12.3 Å². The van der Waals surface area contributed by atoms with Crippen molar-refractivity contribution in [1.29, 1.82) is 0 Å². The summed E-state index contributed by atoms with van der Waals surface area (Å²) in [5.41, 5.74) is 6.61. The molecular formula is C10H12NO2. The molecule has 0 spiro atoms. The summed E-state index contributed by atoms with van der Waals surface area (Å²) in [4.78, 5) is 11.2.